The molecule has 26 heavy (non-hydrogen) atoms. The molecule has 0 aliphatic carbocycles. The predicted octanol–water partition coefficient (Wildman–Crippen LogP) is 3.42. The Morgan fingerprint density at radius 3 is 2.46 bits per heavy atom. The van der Waals surface area contributed by atoms with Crippen LogP contribution in [0.4, 0.5) is 5.95 Å². The lowest BCUT2D eigenvalue weighted by Gasteiger charge is -2.21. The van der Waals surface area contributed by atoms with E-state index in [1.807, 2.05) is 36.1 Å². The van der Waals surface area contributed by atoms with Crippen molar-refractivity contribution in [2.75, 3.05) is 25.5 Å². The van der Waals surface area contributed by atoms with E-state index < -0.39 is 0 Å². The summed E-state index contributed by atoms with van der Waals surface area (Å²) in [7, 11) is 1.65. The fourth-order valence-electron chi connectivity index (χ4n) is 3.13. The van der Waals surface area contributed by atoms with Crippen molar-refractivity contribution in [3.63, 3.8) is 0 Å². The van der Waals surface area contributed by atoms with Crippen molar-refractivity contribution >= 4 is 11.9 Å². The van der Waals surface area contributed by atoms with Gasteiger partial charge in [-0.15, -0.1) is 0 Å². The van der Waals surface area contributed by atoms with Gasteiger partial charge in [-0.25, -0.2) is 9.97 Å². The summed E-state index contributed by atoms with van der Waals surface area (Å²) in [6.07, 6.45) is 6.20. The molecule has 0 spiro atoms. The van der Waals surface area contributed by atoms with E-state index in [2.05, 4.69) is 15.3 Å². The third-order valence-corrected chi connectivity index (χ3v) is 4.71. The highest BCUT2D eigenvalue weighted by atomic mass is 16.5. The topological polar surface area (TPSA) is 67.3 Å². The third kappa shape index (κ3) is 4.50. The van der Waals surface area contributed by atoms with E-state index in [0.717, 1.165) is 37.2 Å². The molecule has 1 saturated heterocycles. The standard InChI is InChI=1S/C20H26N4O2/c1-15-18(19(25)24-11-5-3-4-6-12-24)14-22-20(23-15)21-13-16-7-9-17(26-2)10-8-16/h7-10,14H,3-6,11-13H2,1-2H3,(H,21,22,23). The van der Waals surface area contributed by atoms with Crippen LogP contribution in [0.3, 0.4) is 0 Å². The first-order chi connectivity index (χ1) is 12.7. The molecule has 2 heterocycles. The molecule has 1 N–H and O–H groups in total. The molecule has 138 valence electrons. The Hall–Kier alpha value is -2.63. The SMILES string of the molecule is COc1ccc(CNc2ncc(C(=O)N3CCCCCC3)c(C)n2)cc1. The van der Waals surface area contributed by atoms with Crippen LogP contribution in [-0.4, -0.2) is 41.0 Å². The van der Waals surface area contributed by atoms with Gasteiger partial charge in [-0.2, -0.15) is 0 Å². The summed E-state index contributed by atoms with van der Waals surface area (Å²) in [4.78, 5) is 23.5. The van der Waals surface area contributed by atoms with Crippen molar-refractivity contribution in [1.82, 2.24) is 14.9 Å². The van der Waals surface area contributed by atoms with Crippen molar-refractivity contribution in [2.24, 2.45) is 0 Å². The van der Waals surface area contributed by atoms with Gasteiger partial charge >= 0.3 is 0 Å². The van der Waals surface area contributed by atoms with Gasteiger partial charge in [0.05, 0.1) is 18.4 Å². The van der Waals surface area contributed by atoms with Gasteiger partial charge in [-0.3, -0.25) is 4.79 Å². The number of methoxy groups -OCH3 is 1. The number of anilines is 1. The zero-order valence-electron chi connectivity index (χ0n) is 15.5. The number of likely N-dealkylation sites (tertiary alicyclic amines) is 1. The van der Waals surface area contributed by atoms with E-state index in [9.17, 15) is 4.79 Å². The van der Waals surface area contributed by atoms with Crippen LogP contribution in [0.2, 0.25) is 0 Å². The zero-order chi connectivity index (χ0) is 18.4. The fraction of sp³-hybridized carbons (Fsp3) is 0.450. The smallest absolute Gasteiger partial charge is 0.257 e. The van der Waals surface area contributed by atoms with Crippen LogP contribution in [0.15, 0.2) is 30.5 Å². The first-order valence-electron chi connectivity index (χ1n) is 9.17. The van der Waals surface area contributed by atoms with Crippen LogP contribution in [-0.2, 0) is 6.54 Å². The second-order valence-electron chi connectivity index (χ2n) is 6.60. The molecule has 0 unspecified atom stereocenters. The highest BCUT2D eigenvalue weighted by molar-refractivity contribution is 5.95. The fourth-order valence-corrected chi connectivity index (χ4v) is 3.13. The predicted molar refractivity (Wildman–Crippen MR) is 101 cm³/mol. The van der Waals surface area contributed by atoms with Crippen molar-refractivity contribution in [2.45, 2.75) is 39.2 Å². The van der Waals surface area contributed by atoms with Crippen molar-refractivity contribution in [3.05, 3.63) is 47.3 Å². The number of carbonyl (C=O) groups excluding carboxylic acids is 1. The van der Waals surface area contributed by atoms with E-state index >= 15 is 0 Å². The lowest BCUT2D eigenvalue weighted by atomic mass is 10.2. The van der Waals surface area contributed by atoms with Crippen molar-refractivity contribution in [3.8, 4) is 5.75 Å². The summed E-state index contributed by atoms with van der Waals surface area (Å²) >= 11 is 0. The molecule has 0 radical (unpaired) electrons. The number of aryl methyl sites for hydroxylation is 1. The van der Waals surface area contributed by atoms with Gasteiger partial charge in [0.15, 0.2) is 0 Å². The number of nitrogens with zero attached hydrogens (tertiary/aromatic N) is 3. The number of hydrogen-bond donors (Lipinski definition) is 1. The molecule has 0 saturated carbocycles. The average molecular weight is 354 g/mol. The van der Waals surface area contributed by atoms with Gasteiger partial charge in [-0.1, -0.05) is 25.0 Å². The quantitative estimate of drug-likeness (QED) is 0.891. The number of nitrogens with one attached hydrogen (secondary N) is 1. The summed E-state index contributed by atoms with van der Waals surface area (Å²) in [6.45, 7) is 4.14. The Balaban J connectivity index is 1.63. The van der Waals surface area contributed by atoms with Crippen molar-refractivity contribution in [1.29, 1.82) is 0 Å². The van der Waals surface area contributed by atoms with E-state index in [0.29, 0.717) is 23.8 Å². The van der Waals surface area contributed by atoms with E-state index in [1.54, 1.807) is 13.3 Å². The molecule has 1 aromatic carbocycles. The molecular weight excluding hydrogens is 328 g/mol. The number of ether oxygens (including phenoxy) is 1. The number of amides is 1. The Bertz CT molecular complexity index is 738. The highest BCUT2D eigenvalue weighted by Gasteiger charge is 2.20. The van der Waals surface area contributed by atoms with Gasteiger partial charge in [0.1, 0.15) is 5.75 Å². The molecule has 6 nitrogen and oxygen atoms in total. The Morgan fingerprint density at radius 2 is 1.85 bits per heavy atom. The molecule has 1 aliphatic rings. The first kappa shape index (κ1) is 18.2. The van der Waals surface area contributed by atoms with E-state index in [1.165, 1.54) is 12.8 Å². The lowest BCUT2D eigenvalue weighted by Crippen LogP contribution is -2.32. The molecule has 3 rings (SSSR count). The normalized spacial score (nSPS) is 14.6. The van der Waals surface area contributed by atoms with Crippen molar-refractivity contribution < 1.29 is 9.53 Å². The summed E-state index contributed by atoms with van der Waals surface area (Å²) < 4.78 is 5.16. The summed E-state index contributed by atoms with van der Waals surface area (Å²) in [5.74, 6) is 1.41. The highest BCUT2D eigenvalue weighted by Crippen LogP contribution is 2.16. The van der Waals surface area contributed by atoms with Crippen LogP contribution in [0.5, 0.6) is 5.75 Å². The first-order valence-corrected chi connectivity index (χ1v) is 9.17. The Morgan fingerprint density at radius 1 is 1.15 bits per heavy atom. The van der Waals surface area contributed by atoms with Gasteiger partial charge in [0.2, 0.25) is 5.95 Å². The van der Waals surface area contributed by atoms with Gasteiger partial charge in [0, 0.05) is 25.8 Å². The largest absolute Gasteiger partial charge is 0.497 e. The van der Waals surface area contributed by atoms with Crippen LogP contribution in [0, 0.1) is 6.92 Å². The summed E-state index contributed by atoms with van der Waals surface area (Å²) in [5.41, 5.74) is 2.42. The third-order valence-electron chi connectivity index (χ3n) is 4.71. The monoisotopic (exact) mass is 354 g/mol. The molecular formula is C20H26N4O2. The van der Waals surface area contributed by atoms with Crippen LogP contribution in [0.1, 0.15) is 47.3 Å². The number of benzene rings is 1. The molecule has 6 heteroatoms. The van der Waals surface area contributed by atoms with Gasteiger partial charge in [-0.05, 0) is 37.5 Å². The summed E-state index contributed by atoms with van der Waals surface area (Å²) in [5, 5.41) is 3.21. The maximum absolute atomic E-state index is 12.7. The minimum Gasteiger partial charge on any atom is -0.497 e. The minimum atomic E-state index is 0.0473. The molecule has 1 aromatic heterocycles. The summed E-state index contributed by atoms with van der Waals surface area (Å²) in [6, 6.07) is 7.84. The minimum absolute atomic E-state index is 0.0473. The second kappa shape index (κ2) is 8.65. The number of hydrogen-bond acceptors (Lipinski definition) is 5. The Labute approximate surface area is 154 Å². The number of carbonyl (C=O) groups is 1. The lowest BCUT2D eigenvalue weighted by molar-refractivity contribution is 0.0760. The van der Waals surface area contributed by atoms with Crippen LogP contribution < -0.4 is 10.1 Å². The van der Waals surface area contributed by atoms with Gasteiger partial charge in [0.25, 0.3) is 5.91 Å². The molecule has 2 aromatic rings. The molecule has 0 bridgehead atoms. The molecule has 1 amide bonds. The number of aromatic nitrogens is 2. The zero-order valence-corrected chi connectivity index (χ0v) is 15.5. The molecule has 1 fully saturated rings. The molecule has 0 atom stereocenters. The maximum atomic E-state index is 12.7. The van der Waals surface area contributed by atoms with Gasteiger partial charge < -0.3 is 15.0 Å². The Kier molecular flexibility index (Phi) is 6.04. The maximum Gasteiger partial charge on any atom is 0.257 e. The average Bonchev–Trinajstić information content (AvgIpc) is 2.96. The second-order valence-corrected chi connectivity index (χ2v) is 6.60. The molecule has 1 aliphatic heterocycles. The number of rotatable bonds is 5. The van der Waals surface area contributed by atoms with E-state index in [4.69, 9.17) is 4.74 Å². The van der Waals surface area contributed by atoms with Crippen LogP contribution in [0.25, 0.3) is 0 Å². The van der Waals surface area contributed by atoms with Crippen LogP contribution >= 0.6 is 0 Å². The van der Waals surface area contributed by atoms with E-state index in [-0.39, 0.29) is 5.91 Å².